The van der Waals surface area contributed by atoms with Crippen LogP contribution in [-0.4, -0.2) is 50.9 Å². The summed E-state index contributed by atoms with van der Waals surface area (Å²) in [7, 11) is -3.09. The van der Waals surface area contributed by atoms with Gasteiger partial charge in [0, 0.05) is 32.8 Å². The van der Waals surface area contributed by atoms with Gasteiger partial charge in [-0.15, -0.1) is 0 Å². The summed E-state index contributed by atoms with van der Waals surface area (Å²) in [6.07, 6.45) is 1.89. The second-order valence-corrected chi connectivity index (χ2v) is 8.71. The molecule has 0 bridgehead atoms. The number of ether oxygens (including phenoxy) is 1. The second-order valence-electron chi connectivity index (χ2n) is 6.62. The minimum atomic E-state index is -3.09. The molecule has 23 heavy (non-hydrogen) atoms. The molecule has 1 spiro atoms. The van der Waals surface area contributed by atoms with Crippen molar-refractivity contribution >= 4 is 10.0 Å². The molecular formula is C17H26N2O3S. The van der Waals surface area contributed by atoms with Crippen LogP contribution in [0.2, 0.25) is 0 Å². The average Bonchev–Trinajstić information content (AvgIpc) is 2.92. The molecule has 2 fully saturated rings. The second kappa shape index (κ2) is 6.89. The van der Waals surface area contributed by atoms with Crippen LogP contribution in [0.1, 0.15) is 25.3 Å². The summed E-state index contributed by atoms with van der Waals surface area (Å²) in [6, 6.07) is 10.5. The number of nitrogens with one attached hydrogen (secondary N) is 1. The summed E-state index contributed by atoms with van der Waals surface area (Å²) in [4.78, 5) is 2.41. The van der Waals surface area contributed by atoms with Crippen LogP contribution < -0.4 is 4.72 Å². The van der Waals surface area contributed by atoms with E-state index in [1.54, 1.807) is 6.92 Å². The summed E-state index contributed by atoms with van der Waals surface area (Å²) in [5.41, 5.74) is 1.28. The Morgan fingerprint density at radius 1 is 1.30 bits per heavy atom. The maximum Gasteiger partial charge on any atom is 0.211 e. The van der Waals surface area contributed by atoms with Gasteiger partial charge in [-0.25, -0.2) is 13.1 Å². The lowest BCUT2D eigenvalue weighted by molar-refractivity contribution is -0.136. The van der Waals surface area contributed by atoms with E-state index in [1.807, 2.05) is 6.07 Å². The Balaban J connectivity index is 1.48. The summed E-state index contributed by atoms with van der Waals surface area (Å²) in [5, 5.41) is 0. The minimum Gasteiger partial charge on any atom is -0.372 e. The molecule has 2 saturated heterocycles. The molecule has 0 aromatic heterocycles. The normalized spacial score (nSPS) is 24.0. The fourth-order valence-electron chi connectivity index (χ4n) is 3.70. The molecule has 128 valence electrons. The van der Waals surface area contributed by atoms with Gasteiger partial charge in [-0.1, -0.05) is 30.3 Å². The van der Waals surface area contributed by atoms with Crippen molar-refractivity contribution in [2.45, 2.75) is 31.9 Å². The Morgan fingerprint density at radius 3 is 2.74 bits per heavy atom. The number of likely N-dealkylation sites (tertiary alicyclic amines) is 1. The Labute approximate surface area is 139 Å². The van der Waals surface area contributed by atoms with E-state index in [4.69, 9.17) is 4.74 Å². The SMILES string of the molecule is CCS(=O)(=O)NCC[C@@H]1CCOC12CN(Cc1ccccc1)C2. The molecule has 2 aliphatic rings. The standard InChI is InChI=1S/C17H26N2O3S/c1-2-23(20,21)18-10-8-16-9-11-22-17(16)13-19(14-17)12-15-6-4-3-5-7-15/h3-7,16,18H,2,8-14H2,1H3/t16-/m1/s1. The van der Waals surface area contributed by atoms with Crippen LogP contribution in [0.25, 0.3) is 0 Å². The Morgan fingerprint density at radius 2 is 2.04 bits per heavy atom. The zero-order valence-corrected chi connectivity index (χ0v) is 14.5. The van der Waals surface area contributed by atoms with E-state index in [2.05, 4.69) is 33.9 Å². The lowest BCUT2D eigenvalue weighted by atomic mass is 9.79. The van der Waals surface area contributed by atoms with Crippen LogP contribution in [0.3, 0.4) is 0 Å². The zero-order chi connectivity index (χ0) is 16.3. The molecule has 0 unspecified atom stereocenters. The van der Waals surface area contributed by atoms with Crippen molar-refractivity contribution in [3.05, 3.63) is 35.9 Å². The van der Waals surface area contributed by atoms with Crippen LogP contribution in [0.4, 0.5) is 0 Å². The molecule has 0 radical (unpaired) electrons. The Hall–Kier alpha value is -0.950. The van der Waals surface area contributed by atoms with Crippen LogP contribution >= 0.6 is 0 Å². The number of sulfonamides is 1. The molecule has 2 heterocycles. The van der Waals surface area contributed by atoms with Crippen molar-refractivity contribution in [1.29, 1.82) is 0 Å². The van der Waals surface area contributed by atoms with Crippen molar-refractivity contribution < 1.29 is 13.2 Å². The average molecular weight is 338 g/mol. The van der Waals surface area contributed by atoms with Crippen molar-refractivity contribution in [1.82, 2.24) is 9.62 Å². The van der Waals surface area contributed by atoms with Gasteiger partial charge in [0.15, 0.2) is 0 Å². The number of hydrogen-bond acceptors (Lipinski definition) is 4. The third kappa shape index (κ3) is 3.94. The van der Waals surface area contributed by atoms with E-state index in [0.29, 0.717) is 12.5 Å². The zero-order valence-electron chi connectivity index (χ0n) is 13.7. The topological polar surface area (TPSA) is 58.6 Å². The number of rotatable bonds is 7. The highest BCUT2D eigenvalue weighted by Gasteiger charge is 2.52. The lowest BCUT2D eigenvalue weighted by Crippen LogP contribution is -2.64. The summed E-state index contributed by atoms with van der Waals surface area (Å²) < 4.78 is 31.8. The molecular weight excluding hydrogens is 312 g/mol. The van der Waals surface area contributed by atoms with E-state index in [1.165, 1.54) is 5.56 Å². The molecule has 1 N–H and O–H groups in total. The van der Waals surface area contributed by atoms with Crippen molar-refractivity contribution in [2.24, 2.45) is 5.92 Å². The molecule has 1 atom stereocenters. The van der Waals surface area contributed by atoms with Gasteiger partial charge in [-0.2, -0.15) is 0 Å². The summed E-state index contributed by atoms with van der Waals surface area (Å²) in [5.74, 6) is 0.596. The van der Waals surface area contributed by atoms with Crippen LogP contribution in [0, 0.1) is 5.92 Å². The van der Waals surface area contributed by atoms with Gasteiger partial charge in [0.05, 0.1) is 11.4 Å². The first-order valence-corrected chi connectivity index (χ1v) is 10.1. The van der Waals surface area contributed by atoms with Gasteiger partial charge in [-0.05, 0) is 31.2 Å². The first-order valence-electron chi connectivity index (χ1n) is 8.40. The van der Waals surface area contributed by atoms with Crippen LogP contribution in [0.5, 0.6) is 0 Å². The highest BCUT2D eigenvalue weighted by Crippen LogP contribution is 2.42. The quantitative estimate of drug-likeness (QED) is 0.820. The summed E-state index contributed by atoms with van der Waals surface area (Å²) in [6.45, 7) is 5.84. The predicted octanol–water partition coefficient (Wildman–Crippen LogP) is 1.61. The molecule has 2 aliphatic heterocycles. The molecule has 5 nitrogen and oxygen atoms in total. The van der Waals surface area contributed by atoms with E-state index >= 15 is 0 Å². The number of nitrogens with zero attached hydrogens (tertiary/aromatic N) is 1. The molecule has 1 aromatic carbocycles. The lowest BCUT2D eigenvalue weighted by Gasteiger charge is -2.50. The van der Waals surface area contributed by atoms with Gasteiger partial charge >= 0.3 is 0 Å². The van der Waals surface area contributed by atoms with Gasteiger partial charge in [0.25, 0.3) is 0 Å². The molecule has 0 saturated carbocycles. The highest BCUT2D eigenvalue weighted by molar-refractivity contribution is 7.89. The van der Waals surface area contributed by atoms with Crippen molar-refractivity contribution in [2.75, 3.05) is 32.0 Å². The fraction of sp³-hybridized carbons (Fsp3) is 0.647. The molecule has 0 amide bonds. The Bertz CT molecular complexity index is 612. The maximum atomic E-state index is 11.5. The Kier molecular flexibility index (Phi) is 5.06. The fourth-order valence-corrected chi connectivity index (χ4v) is 4.33. The van der Waals surface area contributed by atoms with Crippen LogP contribution in [-0.2, 0) is 21.3 Å². The van der Waals surface area contributed by atoms with Crippen molar-refractivity contribution in [3.8, 4) is 0 Å². The largest absolute Gasteiger partial charge is 0.372 e. The molecule has 3 rings (SSSR count). The van der Waals surface area contributed by atoms with Gasteiger partial charge in [-0.3, -0.25) is 4.90 Å². The molecule has 6 heteroatoms. The van der Waals surface area contributed by atoms with Crippen molar-refractivity contribution in [3.63, 3.8) is 0 Å². The third-order valence-corrected chi connectivity index (χ3v) is 6.43. The van der Waals surface area contributed by atoms with E-state index < -0.39 is 10.0 Å². The van der Waals surface area contributed by atoms with Crippen LogP contribution in [0.15, 0.2) is 30.3 Å². The van der Waals surface area contributed by atoms with Gasteiger partial charge in [0.1, 0.15) is 0 Å². The third-order valence-electron chi connectivity index (χ3n) is 5.03. The first-order chi connectivity index (χ1) is 11.0. The minimum absolute atomic E-state index is 0.0492. The van der Waals surface area contributed by atoms with E-state index in [9.17, 15) is 8.42 Å². The molecule has 1 aromatic rings. The van der Waals surface area contributed by atoms with E-state index in [0.717, 1.165) is 39.1 Å². The number of benzene rings is 1. The first kappa shape index (κ1) is 16.9. The highest BCUT2D eigenvalue weighted by atomic mass is 32.2. The molecule has 0 aliphatic carbocycles. The maximum absolute atomic E-state index is 11.5. The van der Waals surface area contributed by atoms with Gasteiger partial charge < -0.3 is 4.74 Å². The predicted molar refractivity (Wildman–Crippen MR) is 90.6 cm³/mol. The summed E-state index contributed by atoms with van der Waals surface area (Å²) >= 11 is 0. The van der Waals surface area contributed by atoms with E-state index in [-0.39, 0.29) is 11.4 Å². The van der Waals surface area contributed by atoms with Gasteiger partial charge in [0.2, 0.25) is 10.0 Å². The number of hydrogen-bond donors (Lipinski definition) is 1. The monoisotopic (exact) mass is 338 g/mol. The smallest absolute Gasteiger partial charge is 0.211 e.